The molecule has 0 atom stereocenters. The number of aromatic amines is 1. The Morgan fingerprint density at radius 3 is 3.14 bits per heavy atom. The smallest absolute Gasteiger partial charge is 0.183 e. The van der Waals surface area contributed by atoms with Crippen LogP contribution in [0.2, 0.25) is 0 Å². The van der Waals surface area contributed by atoms with E-state index in [-0.39, 0.29) is 6.54 Å². The third-order valence-corrected chi connectivity index (χ3v) is 1.79. The summed E-state index contributed by atoms with van der Waals surface area (Å²) >= 11 is 0. The lowest BCUT2D eigenvalue weighted by Gasteiger charge is -2.01. The lowest BCUT2D eigenvalue weighted by molar-refractivity contribution is 0.512. The Morgan fingerprint density at radius 1 is 1.50 bits per heavy atom. The summed E-state index contributed by atoms with van der Waals surface area (Å²) in [5, 5.41) is 2.85. The van der Waals surface area contributed by atoms with E-state index in [0.717, 1.165) is 11.3 Å². The standard InChI is InChI=1S/C8H10FN5/c1-5-13-6-7(10-3-2-9)11-4-12-8(6)14-5/h4H,2-3H2,1H3,(H2,10,11,12,13,14). The summed E-state index contributed by atoms with van der Waals surface area (Å²) in [6, 6.07) is 0. The van der Waals surface area contributed by atoms with Gasteiger partial charge in [0.25, 0.3) is 0 Å². The molecule has 0 spiro atoms. The number of aryl methyl sites for hydroxylation is 1. The van der Waals surface area contributed by atoms with E-state index in [4.69, 9.17) is 0 Å². The number of nitrogens with one attached hydrogen (secondary N) is 2. The Labute approximate surface area is 79.8 Å². The van der Waals surface area contributed by atoms with Crippen molar-refractivity contribution in [2.45, 2.75) is 6.92 Å². The molecule has 0 aliphatic carbocycles. The fraction of sp³-hybridized carbons (Fsp3) is 0.375. The van der Waals surface area contributed by atoms with Crippen molar-refractivity contribution in [2.75, 3.05) is 18.5 Å². The van der Waals surface area contributed by atoms with E-state index < -0.39 is 6.67 Å². The van der Waals surface area contributed by atoms with Crippen molar-refractivity contribution >= 4 is 17.0 Å². The number of fused-ring (bicyclic) bond motifs is 1. The third-order valence-electron chi connectivity index (χ3n) is 1.79. The molecule has 0 fully saturated rings. The van der Waals surface area contributed by atoms with Gasteiger partial charge in [-0.15, -0.1) is 0 Å². The average Bonchev–Trinajstić information content (AvgIpc) is 2.55. The quantitative estimate of drug-likeness (QED) is 0.768. The van der Waals surface area contributed by atoms with Crippen molar-refractivity contribution in [2.24, 2.45) is 0 Å². The Kier molecular flexibility index (Phi) is 2.26. The zero-order valence-electron chi connectivity index (χ0n) is 7.71. The maximum absolute atomic E-state index is 12.0. The van der Waals surface area contributed by atoms with E-state index in [2.05, 4.69) is 25.3 Å². The van der Waals surface area contributed by atoms with Crippen molar-refractivity contribution < 1.29 is 4.39 Å². The van der Waals surface area contributed by atoms with Gasteiger partial charge in [-0.3, -0.25) is 0 Å². The topological polar surface area (TPSA) is 66.5 Å². The molecule has 0 amide bonds. The molecule has 0 aliphatic rings. The van der Waals surface area contributed by atoms with Crippen LogP contribution in [0.3, 0.4) is 0 Å². The number of alkyl halides is 1. The first-order valence-corrected chi connectivity index (χ1v) is 4.28. The fourth-order valence-electron chi connectivity index (χ4n) is 1.24. The minimum atomic E-state index is -0.432. The summed E-state index contributed by atoms with van der Waals surface area (Å²) in [7, 11) is 0. The highest BCUT2D eigenvalue weighted by molar-refractivity contribution is 5.82. The molecule has 74 valence electrons. The lowest BCUT2D eigenvalue weighted by Crippen LogP contribution is -2.05. The molecule has 14 heavy (non-hydrogen) atoms. The van der Waals surface area contributed by atoms with Crippen molar-refractivity contribution in [1.82, 2.24) is 19.9 Å². The highest BCUT2D eigenvalue weighted by Gasteiger charge is 2.06. The minimum absolute atomic E-state index is 0.240. The van der Waals surface area contributed by atoms with Crippen LogP contribution < -0.4 is 5.32 Å². The number of anilines is 1. The molecule has 0 radical (unpaired) electrons. The largest absolute Gasteiger partial charge is 0.366 e. The molecule has 0 aliphatic heterocycles. The van der Waals surface area contributed by atoms with Crippen LogP contribution in [-0.4, -0.2) is 33.2 Å². The fourth-order valence-corrected chi connectivity index (χ4v) is 1.24. The van der Waals surface area contributed by atoms with Gasteiger partial charge in [-0.1, -0.05) is 0 Å². The van der Waals surface area contributed by atoms with Gasteiger partial charge >= 0.3 is 0 Å². The number of imidazole rings is 1. The van der Waals surface area contributed by atoms with E-state index in [0.29, 0.717) is 11.5 Å². The van der Waals surface area contributed by atoms with Crippen LogP contribution in [0.15, 0.2) is 6.33 Å². The summed E-state index contributed by atoms with van der Waals surface area (Å²) in [5.41, 5.74) is 1.32. The summed E-state index contributed by atoms with van der Waals surface area (Å²) in [6.45, 7) is 1.64. The third kappa shape index (κ3) is 1.50. The normalized spacial score (nSPS) is 10.7. The Bertz CT molecular complexity index is 438. The number of halogens is 1. The Balaban J connectivity index is 2.42. The molecule has 2 rings (SSSR count). The zero-order chi connectivity index (χ0) is 9.97. The number of nitrogens with zero attached hydrogens (tertiary/aromatic N) is 3. The van der Waals surface area contributed by atoms with E-state index in [1.807, 2.05) is 6.92 Å². The van der Waals surface area contributed by atoms with Crippen LogP contribution in [0.5, 0.6) is 0 Å². The predicted octanol–water partition coefficient (Wildman–Crippen LogP) is 1.04. The predicted molar refractivity (Wildman–Crippen MR) is 50.9 cm³/mol. The highest BCUT2D eigenvalue weighted by atomic mass is 19.1. The second kappa shape index (κ2) is 3.57. The van der Waals surface area contributed by atoms with E-state index in [9.17, 15) is 4.39 Å². The molecule has 6 heteroatoms. The molecule has 0 aromatic carbocycles. The van der Waals surface area contributed by atoms with Crippen molar-refractivity contribution in [1.29, 1.82) is 0 Å². The maximum atomic E-state index is 12.0. The molecule has 2 aromatic heterocycles. The van der Waals surface area contributed by atoms with E-state index in [1.165, 1.54) is 6.33 Å². The lowest BCUT2D eigenvalue weighted by atomic mass is 10.5. The first-order valence-electron chi connectivity index (χ1n) is 4.28. The van der Waals surface area contributed by atoms with Gasteiger partial charge in [-0.05, 0) is 6.92 Å². The van der Waals surface area contributed by atoms with E-state index in [1.54, 1.807) is 0 Å². The molecule has 0 saturated carbocycles. The van der Waals surface area contributed by atoms with Crippen LogP contribution >= 0.6 is 0 Å². The van der Waals surface area contributed by atoms with Gasteiger partial charge in [0.15, 0.2) is 11.5 Å². The van der Waals surface area contributed by atoms with Gasteiger partial charge in [0, 0.05) is 6.54 Å². The first kappa shape index (κ1) is 8.86. The molecule has 0 saturated heterocycles. The molecule has 2 heterocycles. The Morgan fingerprint density at radius 2 is 2.36 bits per heavy atom. The second-order valence-electron chi connectivity index (χ2n) is 2.86. The van der Waals surface area contributed by atoms with Crippen LogP contribution in [0.1, 0.15) is 5.82 Å². The minimum Gasteiger partial charge on any atom is -0.366 e. The van der Waals surface area contributed by atoms with Crippen molar-refractivity contribution in [3.05, 3.63) is 12.2 Å². The number of rotatable bonds is 3. The van der Waals surface area contributed by atoms with Crippen LogP contribution in [0.4, 0.5) is 10.2 Å². The summed E-state index contributed by atoms with van der Waals surface area (Å²) in [6.07, 6.45) is 1.41. The monoisotopic (exact) mass is 195 g/mol. The molecule has 0 bridgehead atoms. The number of H-pyrrole nitrogens is 1. The highest BCUT2D eigenvalue weighted by Crippen LogP contribution is 2.15. The SMILES string of the molecule is Cc1nc2ncnc(NCCF)c2[nH]1. The zero-order valence-corrected chi connectivity index (χ0v) is 7.71. The summed E-state index contributed by atoms with van der Waals surface area (Å²) in [5.74, 6) is 1.36. The average molecular weight is 195 g/mol. The van der Waals surface area contributed by atoms with Gasteiger partial charge in [-0.25, -0.2) is 19.3 Å². The Hall–Kier alpha value is -1.72. The molecular weight excluding hydrogens is 185 g/mol. The van der Waals surface area contributed by atoms with Crippen LogP contribution in [0.25, 0.3) is 11.2 Å². The molecule has 5 nitrogen and oxygen atoms in total. The first-order chi connectivity index (χ1) is 6.81. The van der Waals surface area contributed by atoms with Gasteiger partial charge in [0.1, 0.15) is 24.3 Å². The van der Waals surface area contributed by atoms with Gasteiger partial charge < -0.3 is 10.3 Å². The van der Waals surface area contributed by atoms with Crippen LogP contribution in [-0.2, 0) is 0 Å². The van der Waals surface area contributed by atoms with Crippen molar-refractivity contribution in [3.8, 4) is 0 Å². The number of hydrogen-bond acceptors (Lipinski definition) is 4. The number of hydrogen-bond donors (Lipinski definition) is 2. The summed E-state index contributed by atoms with van der Waals surface area (Å²) in [4.78, 5) is 15.1. The molecule has 2 aromatic rings. The molecule has 0 unspecified atom stereocenters. The van der Waals surface area contributed by atoms with Gasteiger partial charge in [-0.2, -0.15) is 0 Å². The molecule has 2 N–H and O–H groups in total. The second-order valence-corrected chi connectivity index (χ2v) is 2.86. The number of aromatic nitrogens is 4. The van der Waals surface area contributed by atoms with Crippen molar-refractivity contribution in [3.63, 3.8) is 0 Å². The maximum Gasteiger partial charge on any atom is 0.183 e. The van der Waals surface area contributed by atoms with Gasteiger partial charge in [0.05, 0.1) is 0 Å². The van der Waals surface area contributed by atoms with Crippen LogP contribution in [0, 0.1) is 6.92 Å². The molecular formula is C8H10FN5. The van der Waals surface area contributed by atoms with E-state index >= 15 is 0 Å². The van der Waals surface area contributed by atoms with Gasteiger partial charge in [0.2, 0.25) is 0 Å². The summed E-state index contributed by atoms with van der Waals surface area (Å²) < 4.78 is 12.0.